The van der Waals surface area contributed by atoms with E-state index in [0.29, 0.717) is 11.5 Å². The fourth-order valence-corrected chi connectivity index (χ4v) is 5.60. The molecule has 172 valence electrons. The molecule has 2 heterocycles. The van der Waals surface area contributed by atoms with Gasteiger partial charge in [0.1, 0.15) is 5.58 Å². The van der Waals surface area contributed by atoms with E-state index in [4.69, 9.17) is 14.4 Å². The fraction of sp³-hybridized carbons (Fsp3) is 0. The summed E-state index contributed by atoms with van der Waals surface area (Å²) < 4.78 is 6.24. The number of hydrogen-bond acceptors (Lipinski definition) is 3. The van der Waals surface area contributed by atoms with Gasteiger partial charge < -0.3 is 4.42 Å². The van der Waals surface area contributed by atoms with Crippen molar-refractivity contribution in [2.45, 2.75) is 0 Å². The summed E-state index contributed by atoms with van der Waals surface area (Å²) in [6.07, 6.45) is 0. The number of para-hydroxylation sites is 1. The zero-order valence-electron chi connectivity index (χ0n) is 19.8. The normalized spacial score (nSPS) is 11.8. The number of furan rings is 1. The van der Waals surface area contributed by atoms with E-state index in [1.54, 1.807) is 0 Å². The molecule has 6 aromatic carbocycles. The molecule has 2 aromatic heterocycles. The molecule has 0 unspecified atom stereocenters. The lowest BCUT2D eigenvalue weighted by molar-refractivity contribution is 0.653. The van der Waals surface area contributed by atoms with Gasteiger partial charge in [-0.3, -0.25) is 0 Å². The predicted octanol–water partition coefficient (Wildman–Crippen LogP) is 9.17. The predicted molar refractivity (Wildman–Crippen MR) is 153 cm³/mol. The van der Waals surface area contributed by atoms with Gasteiger partial charge in [0, 0.05) is 16.5 Å². The first-order valence-electron chi connectivity index (χ1n) is 12.4. The monoisotopic (exact) mass is 472 g/mol. The zero-order valence-corrected chi connectivity index (χ0v) is 19.8. The molecule has 0 N–H and O–H groups in total. The quantitative estimate of drug-likeness (QED) is 0.235. The van der Waals surface area contributed by atoms with Crippen LogP contribution in [0.15, 0.2) is 126 Å². The first-order valence-corrected chi connectivity index (χ1v) is 12.4. The maximum Gasteiger partial charge on any atom is 0.231 e. The molecule has 0 bridgehead atoms. The SMILES string of the molecule is c1ccc(-c2nc(-c3ccc4c5ccccc5c5ccccc5c4c3)c3c(n2)oc2ccccc23)cc1. The van der Waals surface area contributed by atoms with Gasteiger partial charge in [0.05, 0.1) is 11.1 Å². The van der Waals surface area contributed by atoms with Gasteiger partial charge >= 0.3 is 0 Å². The van der Waals surface area contributed by atoms with Gasteiger partial charge in [0.25, 0.3) is 0 Å². The van der Waals surface area contributed by atoms with Crippen molar-refractivity contribution in [3.63, 3.8) is 0 Å². The molecule has 0 saturated heterocycles. The molecule has 0 fully saturated rings. The van der Waals surface area contributed by atoms with Crippen LogP contribution in [0, 0.1) is 0 Å². The third-order valence-corrected chi connectivity index (χ3v) is 7.29. The molecule has 0 aliphatic heterocycles. The molecule has 0 aliphatic rings. The topological polar surface area (TPSA) is 38.9 Å². The number of hydrogen-bond donors (Lipinski definition) is 0. The Kier molecular flexibility index (Phi) is 4.23. The standard InChI is InChI=1S/C34H20N2O/c1-2-10-21(11-3-1)33-35-32(31-28-16-8-9-17-30(28)37-34(31)36-33)22-18-19-27-25-14-5-4-12-23(25)24-13-6-7-15-26(24)29(27)20-22/h1-20H. The Morgan fingerprint density at radius 1 is 0.432 bits per heavy atom. The largest absolute Gasteiger partial charge is 0.438 e. The van der Waals surface area contributed by atoms with Gasteiger partial charge in [-0.25, -0.2) is 4.98 Å². The second kappa shape index (κ2) is 7.74. The molecule has 0 amide bonds. The van der Waals surface area contributed by atoms with E-state index in [1.807, 2.05) is 48.5 Å². The van der Waals surface area contributed by atoms with Crippen LogP contribution in [0.1, 0.15) is 0 Å². The fourth-order valence-electron chi connectivity index (χ4n) is 5.60. The van der Waals surface area contributed by atoms with Crippen molar-refractivity contribution in [3.8, 4) is 22.6 Å². The number of benzene rings is 6. The molecule has 0 radical (unpaired) electrons. The average Bonchev–Trinajstić information content (AvgIpc) is 3.36. The lowest BCUT2D eigenvalue weighted by Crippen LogP contribution is -1.94. The number of aromatic nitrogens is 2. The van der Waals surface area contributed by atoms with Gasteiger partial charge in [0.15, 0.2) is 5.82 Å². The molecular formula is C34H20N2O. The van der Waals surface area contributed by atoms with E-state index in [0.717, 1.165) is 33.2 Å². The lowest BCUT2D eigenvalue weighted by atomic mass is 9.92. The van der Waals surface area contributed by atoms with Crippen LogP contribution in [0.5, 0.6) is 0 Å². The van der Waals surface area contributed by atoms with E-state index in [1.165, 1.54) is 32.3 Å². The molecule has 3 heteroatoms. The third kappa shape index (κ3) is 3.01. The van der Waals surface area contributed by atoms with Crippen molar-refractivity contribution < 1.29 is 4.42 Å². The molecule has 0 atom stereocenters. The molecule has 8 rings (SSSR count). The summed E-state index contributed by atoms with van der Waals surface area (Å²) in [4.78, 5) is 9.99. The van der Waals surface area contributed by atoms with E-state index in [2.05, 4.69) is 72.8 Å². The Morgan fingerprint density at radius 2 is 1.00 bits per heavy atom. The van der Waals surface area contributed by atoms with Crippen LogP contribution < -0.4 is 0 Å². The smallest absolute Gasteiger partial charge is 0.231 e. The summed E-state index contributed by atoms with van der Waals surface area (Å²) in [5.41, 5.74) is 4.31. The minimum atomic E-state index is 0.605. The summed E-state index contributed by atoms with van der Waals surface area (Å²) in [5.74, 6) is 0.658. The Labute approximate surface area is 212 Å². The Bertz CT molecular complexity index is 2110. The maximum absolute atomic E-state index is 6.24. The van der Waals surface area contributed by atoms with E-state index in [-0.39, 0.29) is 0 Å². The van der Waals surface area contributed by atoms with Crippen LogP contribution in [-0.4, -0.2) is 9.97 Å². The van der Waals surface area contributed by atoms with E-state index < -0.39 is 0 Å². The van der Waals surface area contributed by atoms with Crippen LogP contribution in [0.3, 0.4) is 0 Å². The van der Waals surface area contributed by atoms with Gasteiger partial charge in [0.2, 0.25) is 5.71 Å². The lowest BCUT2D eigenvalue weighted by Gasteiger charge is -2.12. The molecule has 37 heavy (non-hydrogen) atoms. The van der Waals surface area contributed by atoms with E-state index in [9.17, 15) is 0 Å². The molecule has 0 aliphatic carbocycles. The highest BCUT2D eigenvalue weighted by Gasteiger charge is 2.19. The van der Waals surface area contributed by atoms with Crippen molar-refractivity contribution in [2.24, 2.45) is 0 Å². The molecular weight excluding hydrogens is 452 g/mol. The minimum absolute atomic E-state index is 0.605. The van der Waals surface area contributed by atoms with Crippen molar-refractivity contribution >= 4 is 54.4 Å². The van der Waals surface area contributed by atoms with Crippen LogP contribution in [0.4, 0.5) is 0 Å². The summed E-state index contributed by atoms with van der Waals surface area (Å²) in [6.45, 7) is 0. The molecule has 3 nitrogen and oxygen atoms in total. The first-order chi connectivity index (χ1) is 18.3. The van der Waals surface area contributed by atoms with Crippen molar-refractivity contribution in [1.82, 2.24) is 9.97 Å². The van der Waals surface area contributed by atoms with Gasteiger partial charge in [-0.05, 0) is 44.5 Å². The second-order valence-electron chi connectivity index (χ2n) is 9.39. The number of fused-ring (bicyclic) bond motifs is 9. The van der Waals surface area contributed by atoms with Crippen LogP contribution in [-0.2, 0) is 0 Å². The van der Waals surface area contributed by atoms with Gasteiger partial charge in [-0.2, -0.15) is 4.98 Å². The van der Waals surface area contributed by atoms with Gasteiger partial charge in [-0.15, -0.1) is 0 Å². The molecule has 0 saturated carbocycles. The highest BCUT2D eigenvalue weighted by molar-refractivity contribution is 6.26. The Balaban J connectivity index is 1.50. The highest BCUT2D eigenvalue weighted by atomic mass is 16.3. The summed E-state index contributed by atoms with van der Waals surface area (Å²) in [5, 5.41) is 9.45. The number of rotatable bonds is 2. The average molecular weight is 473 g/mol. The van der Waals surface area contributed by atoms with Crippen LogP contribution >= 0.6 is 0 Å². The Hall–Kier alpha value is -5.02. The molecule has 8 aromatic rings. The van der Waals surface area contributed by atoms with E-state index >= 15 is 0 Å². The highest BCUT2D eigenvalue weighted by Crippen LogP contribution is 2.40. The minimum Gasteiger partial charge on any atom is -0.438 e. The summed E-state index contributed by atoms with van der Waals surface area (Å²) in [7, 11) is 0. The first kappa shape index (κ1) is 20.2. The Morgan fingerprint density at radius 3 is 1.70 bits per heavy atom. The van der Waals surface area contributed by atoms with Crippen molar-refractivity contribution in [3.05, 3.63) is 121 Å². The van der Waals surface area contributed by atoms with Crippen LogP contribution in [0.25, 0.3) is 77.0 Å². The van der Waals surface area contributed by atoms with Crippen molar-refractivity contribution in [2.75, 3.05) is 0 Å². The third-order valence-electron chi connectivity index (χ3n) is 7.29. The second-order valence-corrected chi connectivity index (χ2v) is 9.39. The molecule has 0 spiro atoms. The van der Waals surface area contributed by atoms with Gasteiger partial charge in [-0.1, -0.05) is 109 Å². The maximum atomic E-state index is 6.24. The number of nitrogens with zero attached hydrogens (tertiary/aromatic N) is 2. The summed E-state index contributed by atoms with van der Waals surface area (Å²) >= 11 is 0. The van der Waals surface area contributed by atoms with Crippen LogP contribution in [0.2, 0.25) is 0 Å². The summed E-state index contributed by atoms with van der Waals surface area (Å²) in [6, 6.07) is 42.2. The zero-order chi connectivity index (χ0) is 24.3. The van der Waals surface area contributed by atoms with Crippen molar-refractivity contribution in [1.29, 1.82) is 0 Å².